The van der Waals surface area contributed by atoms with Crippen LogP contribution in [-0.4, -0.2) is 57.5 Å². The smallest absolute Gasteiger partial charge is 0.222 e. The summed E-state index contributed by atoms with van der Waals surface area (Å²) in [4.78, 5) is 18.3. The minimum Gasteiger partial charge on any atom is -0.394 e. The first-order valence-electron chi connectivity index (χ1n) is 7.54. The summed E-state index contributed by atoms with van der Waals surface area (Å²) >= 11 is 0. The Hall–Kier alpha value is -1.47. The van der Waals surface area contributed by atoms with Gasteiger partial charge in [-0.3, -0.25) is 4.79 Å². The number of carbonyl (C=O) groups excluding carboxylic acids is 1. The third-order valence-corrected chi connectivity index (χ3v) is 3.65. The van der Waals surface area contributed by atoms with Crippen molar-refractivity contribution in [3.05, 3.63) is 11.6 Å². The standard InChI is InChI=1S/C14H24N4O3/c1-21-11-12-15-13(18(16-12)9-10-19)6-8-17-7-4-2-3-5-14(17)20/h19H,2-11H2,1H3. The molecule has 2 rings (SSSR count). The number of aromatic nitrogens is 3. The predicted octanol–water partition coefficient (Wildman–Crippen LogP) is 0.362. The molecule has 1 N–H and O–H groups in total. The molecule has 1 aromatic heterocycles. The third-order valence-electron chi connectivity index (χ3n) is 3.65. The maximum atomic E-state index is 12.0. The first-order chi connectivity index (χ1) is 10.2. The molecule has 0 radical (unpaired) electrons. The van der Waals surface area contributed by atoms with Crippen LogP contribution in [0.15, 0.2) is 0 Å². The van der Waals surface area contributed by atoms with Gasteiger partial charge in [0.15, 0.2) is 5.82 Å². The number of hydrogen-bond donors (Lipinski definition) is 1. The van der Waals surface area contributed by atoms with E-state index in [2.05, 4.69) is 10.1 Å². The largest absolute Gasteiger partial charge is 0.394 e. The fourth-order valence-corrected chi connectivity index (χ4v) is 2.59. The molecule has 7 nitrogen and oxygen atoms in total. The van der Waals surface area contributed by atoms with Gasteiger partial charge in [0.1, 0.15) is 12.4 Å². The van der Waals surface area contributed by atoms with E-state index >= 15 is 0 Å². The van der Waals surface area contributed by atoms with E-state index in [1.807, 2.05) is 4.90 Å². The van der Waals surface area contributed by atoms with Gasteiger partial charge in [-0.1, -0.05) is 6.42 Å². The number of aliphatic hydroxyl groups is 1. The zero-order valence-electron chi connectivity index (χ0n) is 12.6. The number of nitrogens with zero attached hydrogens (tertiary/aromatic N) is 4. The lowest BCUT2D eigenvalue weighted by molar-refractivity contribution is -0.130. The first-order valence-corrected chi connectivity index (χ1v) is 7.54. The van der Waals surface area contributed by atoms with Crippen molar-refractivity contribution in [1.82, 2.24) is 19.7 Å². The third kappa shape index (κ3) is 4.50. The average Bonchev–Trinajstić information content (AvgIpc) is 2.71. The van der Waals surface area contributed by atoms with Crippen molar-refractivity contribution >= 4 is 5.91 Å². The highest BCUT2D eigenvalue weighted by molar-refractivity contribution is 5.76. The van der Waals surface area contributed by atoms with Crippen molar-refractivity contribution in [3.63, 3.8) is 0 Å². The van der Waals surface area contributed by atoms with Crippen LogP contribution in [0.25, 0.3) is 0 Å². The Kier molecular flexibility index (Phi) is 6.13. The molecule has 118 valence electrons. The highest BCUT2D eigenvalue weighted by atomic mass is 16.5. The normalized spacial score (nSPS) is 16.3. The Morgan fingerprint density at radius 1 is 1.29 bits per heavy atom. The molecule has 0 atom stereocenters. The van der Waals surface area contributed by atoms with E-state index in [9.17, 15) is 4.79 Å². The van der Waals surface area contributed by atoms with Crippen molar-refractivity contribution in [2.24, 2.45) is 0 Å². The molecular weight excluding hydrogens is 272 g/mol. The van der Waals surface area contributed by atoms with E-state index in [-0.39, 0.29) is 12.5 Å². The number of rotatable bonds is 7. The molecule has 1 amide bonds. The van der Waals surface area contributed by atoms with Gasteiger partial charge in [-0.15, -0.1) is 0 Å². The average molecular weight is 296 g/mol. The molecule has 0 unspecified atom stereocenters. The van der Waals surface area contributed by atoms with Crippen LogP contribution in [-0.2, 0) is 29.1 Å². The Morgan fingerprint density at radius 3 is 2.90 bits per heavy atom. The first kappa shape index (κ1) is 15.9. The number of methoxy groups -OCH3 is 1. The van der Waals surface area contributed by atoms with Gasteiger partial charge in [0, 0.05) is 33.0 Å². The van der Waals surface area contributed by atoms with Gasteiger partial charge < -0.3 is 14.7 Å². The number of ether oxygens (including phenoxy) is 1. The fraction of sp³-hybridized carbons (Fsp3) is 0.786. The minimum absolute atomic E-state index is 0.0193. The molecule has 7 heteroatoms. The zero-order chi connectivity index (χ0) is 15.1. The Labute approximate surface area is 124 Å². The second-order valence-electron chi connectivity index (χ2n) is 5.27. The molecule has 1 aliphatic heterocycles. The van der Waals surface area contributed by atoms with Crippen molar-refractivity contribution < 1.29 is 14.6 Å². The molecule has 1 aromatic rings. The SMILES string of the molecule is COCc1nc(CCN2CCCCCC2=O)n(CCO)n1. The van der Waals surface area contributed by atoms with Crippen molar-refractivity contribution in [2.45, 2.75) is 45.3 Å². The molecule has 0 aromatic carbocycles. The van der Waals surface area contributed by atoms with Crippen LogP contribution in [0.1, 0.15) is 37.3 Å². The number of aliphatic hydroxyl groups excluding tert-OH is 1. The van der Waals surface area contributed by atoms with Crippen molar-refractivity contribution in [3.8, 4) is 0 Å². The molecule has 1 saturated heterocycles. The topological polar surface area (TPSA) is 80.5 Å². The van der Waals surface area contributed by atoms with Gasteiger partial charge in [0.05, 0.1) is 13.2 Å². The second kappa shape index (κ2) is 8.09. The summed E-state index contributed by atoms with van der Waals surface area (Å²) < 4.78 is 6.74. The number of amides is 1. The molecule has 0 aliphatic carbocycles. The lowest BCUT2D eigenvalue weighted by Crippen LogP contribution is -2.32. The van der Waals surface area contributed by atoms with Crippen LogP contribution in [0.3, 0.4) is 0 Å². The van der Waals surface area contributed by atoms with E-state index in [4.69, 9.17) is 9.84 Å². The van der Waals surface area contributed by atoms with Crippen LogP contribution in [0, 0.1) is 0 Å². The van der Waals surface area contributed by atoms with Crippen LogP contribution < -0.4 is 0 Å². The highest BCUT2D eigenvalue weighted by Gasteiger charge is 2.18. The van der Waals surface area contributed by atoms with Gasteiger partial charge >= 0.3 is 0 Å². The Balaban J connectivity index is 1.98. The quantitative estimate of drug-likeness (QED) is 0.786. The van der Waals surface area contributed by atoms with Crippen LogP contribution in [0.4, 0.5) is 0 Å². The van der Waals surface area contributed by atoms with Crippen LogP contribution in [0.5, 0.6) is 0 Å². The molecule has 1 aliphatic rings. The molecule has 0 bridgehead atoms. The highest BCUT2D eigenvalue weighted by Crippen LogP contribution is 2.12. The van der Waals surface area contributed by atoms with Gasteiger partial charge in [-0.05, 0) is 12.8 Å². The molecule has 2 heterocycles. The molecule has 0 spiro atoms. The van der Waals surface area contributed by atoms with E-state index in [1.54, 1.807) is 11.8 Å². The monoisotopic (exact) mass is 296 g/mol. The molecule has 21 heavy (non-hydrogen) atoms. The van der Waals surface area contributed by atoms with Gasteiger partial charge in [-0.25, -0.2) is 9.67 Å². The lowest BCUT2D eigenvalue weighted by Gasteiger charge is -2.20. The summed E-state index contributed by atoms with van der Waals surface area (Å²) in [5.41, 5.74) is 0. The van der Waals surface area contributed by atoms with Crippen molar-refractivity contribution in [2.75, 3.05) is 26.8 Å². The summed E-state index contributed by atoms with van der Waals surface area (Å²) in [6, 6.07) is 0. The summed E-state index contributed by atoms with van der Waals surface area (Å²) in [6.07, 6.45) is 4.50. The summed E-state index contributed by atoms with van der Waals surface area (Å²) in [5, 5.41) is 13.4. The molecule has 1 fully saturated rings. The number of carbonyl (C=O) groups is 1. The minimum atomic E-state index is 0.0193. The van der Waals surface area contributed by atoms with Crippen LogP contribution in [0.2, 0.25) is 0 Å². The van der Waals surface area contributed by atoms with Crippen molar-refractivity contribution in [1.29, 1.82) is 0 Å². The van der Waals surface area contributed by atoms with E-state index < -0.39 is 0 Å². The molecular formula is C14H24N4O3. The number of hydrogen-bond acceptors (Lipinski definition) is 5. The van der Waals surface area contributed by atoms with E-state index in [1.165, 1.54) is 0 Å². The predicted molar refractivity (Wildman–Crippen MR) is 76.6 cm³/mol. The summed E-state index contributed by atoms with van der Waals surface area (Å²) in [5.74, 6) is 1.65. The maximum Gasteiger partial charge on any atom is 0.222 e. The Morgan fingerprint density at radius 2 is 2.14 bits per heavy atom. The van der Waals surface area contributed by atoms with Crippen LogP contribution >= 0.6 is 0 Å². The molecule has 0 saturated carbocycles. The summed E-state index contributed by atoms with van der Waals surface area (Å²) in [7, 11) is 1.60. The Bertz CT molecular complexity index is 461. The van der Waals surface area contributed by atoms with E-state index in [0.29, 0.717) is 38.4 Å². The summed E-state index contributed by atoms with van der Waals surface area (Å²) in [6.45, 7) is 2.28. The lowest BCUT2D eigenvalue weighted by atomic mass is 10.2. The fourth-order valence-electron chi connectivity index (χ4n) is 2.59. The van der Waals surface area contributed by atoms with E-state index in [0.717, 1.165) is 31.6 Å². The van der Waals surface area contributed by atoms with Gasteiger partial charge in [0.2, 0.25) is 5.91 Å². The zero-order valence-corrected chi connectivity index (χ0v) is 12.6. The van der Waals surface area contributed by atoms with Gasteiger partial charge in [-0.2, -0.15) is 5.10 Å². The maximum absolute atomic E-state index is 12.0. The second-order valence-corrected chi connectivity index (χ2v) is 5.27. The number of likely N-dealkylation sites (tertiary alicyclic amines) is 1. The van der Waals surface area contributed by atoms with Gasteiger partial charge in [0.25, 0.3) is 0 Å².